The minimum Gasteiger partial charge on any atom is -0.496 e. The average Bonchev–Trinajstić information content (AvgIpc) is 2.45. The molecule has 0 saturated carbocycles. The van der Waals surface area contributed by atoms with Gasteiger partial charge in [0.1, 0.15) is 5.75 Å². The highest BCUT2D eigenvalue weighted by Crippen LogP contribution is 2.25. The number of halogens is 1. The van der Waals surface area contributed by atoms with Crippen LogP contribution in [0.2, 0.25) is 0 Å². The molecule has 0 aliphatic rings. The zero-order chi connectivity index (χ0) is 15.8. The van der Waals surface area contributed by atoms with Gasteiger partial charge in [-0.05, 0) is 52.8 Å². The fourth-order valence-electron chi connectivity index (χ4n) is 1.43. The Labute approximate surface area is 136 Å². The highest BCUT2D eigenvalue weighted by molar-refractivity contribution is 9.10. The lowest BCUT2D eigenvalue weighted by molar-refractivity contribution is -0.121. The minimum atomic E-state index is -0.388. The topological polar surface area (TPSA) is 79.5 Å². The maximum Gasteiger partial charge on any atom is 0.257 e. The molecule has 8 heteroatoms. The standard InChI is InChI=1S/C13H16BrN3O3S/c1-3-4-11(18)16-17-13(21)15-12(19)8-5-6-10(20-2)9(14)7-8/h5-7H,3-4H2,1-2H3,(H,16,18)(H2,15,17,19,21). The summed E-state index contributed by atoms with van der Waals surface area (Å²) in [5.74, 6) is 0.0426. The van der Waals surface area contributed by atoms with E-state index in [9.17, 15) is 9.59 Å². The number of carbonyl (C=O) groups is 2. The monoisotopic (exact) mass is 373 g/mol. The second-order valence-electron chi connectivity index (χ2n) is 4.06. The number of hydrazine groups is 1. The van der Waals surface area contributed by atoms with Gasteiger partial charge in [-0.3, -0.25) is 25.8 Å². The van der Waals surface area contributed by atoms with Crippen LogP contribution in [0.15, 0.2) is 22.7 Å². The van der Waals surface area contributed by atoms with Gasteiger partial charge in [0.25, 0.3) is 5.91 Å². The molecule has 21 heavy (non-hydrogen) atoms. The van der Waals surface area contributed by atoms with E-state index in [0.717, 1.165) is 6.42 Å². The Morgan fingerprint density at radius 3 is 2.62 bits per heavy atom. The summed E-state index contributed by atoms with van der Waals surface area (Å²) in [5, 5.41) is 2.49. The molecule has 0 spiro atoms. The number of thiocarbonyl (C=S) groups is 1. The van der Waals surface area contributed by atoms with Gasteiger partial charge >= 0.3 is 0 Å². The third-order valence-corrected chi connectivity index (χ3v) is 3.26. The molecular formula is C13H16BrN3O3S. The maximum atomic E-state index is 12.0. The number of amides is 2. The van der Waals surface area contributed by atoms with Crippen LogP contribution in [0.3, 0.4) is 0 Å². The molecule has 1 aromatic rings. The Morgan fingerprint density at radius 1 is 1.33 bits per heavy atom. The quantitative estimate of drug-likeness (QED) is 0.554. The molecule has 1 rings (SSSR count). The van der Waals surface area contributed by atoms with Crippen molar-refractivity contribution >= 4 is 45.1 Å². The Hall–Kier alpha value is -1.67. The van der Waals surface area contributed by atoms with Gasteiger partial charge in [0, 0.05) is 12.0 Å². The highest BCUT2D eigenvalue weighted by Gasteiger charge is 2.10. The number of hydrogen-bond acceptors (Lipinski definition) is 4. The summed E-state index contributed by atoms with van der Waals surface area (Å²) in [5.41, 5.74) is 5.27. The van der Waals surface area contributed by atoms with Crippen molar-refractivity contribution in [1.82, 2.24) is 16.2 Å². The van der Waals surface area contributed by atoms with Crippen LogP contribution in [0.5, 0.6) is 5.75 Å². The number of ether oxygens (including phenoxy) is 1. The van der Waals surface area contributed by atoms with Gasteiger partial charge in [-0.25, -0.2) is 0 Å². The van der Waals surface area contributed by atoms with Crippen molar-refractivity contribution in [3.63, 3.8) is 0 Å². The van der Waals surface area contributed by atoms with Crippen LogP contribution in [0, 0.1) is 0 Å². The van der Waals surface area contributed by atoms with Crippen molar-refractivity contribution in [3.8, 4) is 5.75 Å². The van der Waals surface area contributed by atoms with Crippen LogP contribution in [0.1, 0.15) is 30.1 Å². The molecule has 2 amide bonds. The normalized spacial score (nSPS) is 9.67. The van der Waals surface area contributed by atoms with Crippen molar-refractivity contribution in [2.24, 2.45) is 0 Å². The highest BCUT2D eigenvalue weighted by atomic mass is 79.9. The summed E-state index contributed by atoms with van der Waals surface area (Å²) < 4.78 is 5.74. The largest absolute Gasteiger partial charge is 0.496 e. The van der Waals surface area contributed by atoms with Crippen LogP contribution in [-0.4, -0.2) is 24.0 Å². The van der Waals surface area contributed by atoms with Gasteiger partial charge in [-0.15, -0.1) is 0 Å². The molecule has 0 aliphatic heterocycles. The molecule has 0 atom stereocenters. The van der Waals surface area contributed by atoms with Gasteiger partial charge in [0.2, 0.25) is 5.91 Å². The van der Waals surface area contributed by atoms with E-state index in [2.05, 4.69) is 32.1 Å². The van der Waals surface area contributed by atoms with Crippen molar-refractivity contribution in [1.29, 1.82) is 0 Å². The van der Waals surface area contributed by atoms with Crippen molar-refractivity contribution in [2.45, 2.75) is 19.8 Å². The van der Waals surface area contributed by atoms with Gasteiger partial charge in [-0.1, -0.05) is 6.92 Å². The molecular weight excluding hydrogens is 358 g/mol. The van der Waals surface area contributed by atoms with E-state index in [1.807, 2.05) is 6.92 Å². The molecule has 1 aromatic carbocycles. The Kier molecular flexibility index (Phi) is 7.10. The first-order valence-electron chi connectivity index (χ1n) is 6.21. The van der Waals surface area contributed by atoms with Crippen LogP contribution in [0.25, 0.3) is 0 Å². The molecule has 0 fully saturated rings. The van der Waals surface area contributed by atoms with Crippen molar-refractivity contribution in [3.05, 3.63) is 28.2 Å². The summed E-state index contributed by atoms with van der Waals surface area (Å²) in [7, 11) is 1.54. The summed E-state index contributed by atoms with van der Waals surface area (Å²) in [4.78, 5) is 23.2. The van der Waals surface area contributed by atoms with E-state index >= 15 is 0 Å². The maximum absolute atomic E-state index is 12.0. The second-order valence-corrected chi connectivity index (χ2v) is 5.32. The van der Waals surface area contributed by atoms with E-state index in [1.54, 1.807) is 18.2 Å². The first kappa shape index (κ1) is 17.4. The van der Waals surface area contributed by atoms with E-state index in [4.69, 9.17) is 17.0 Å². The van der Waals surface area contributed by atoms with E-state index in [1.165, 1.54) is 7.11 Å². The number of carbonyl (C=O) groups excluding carboxylic acids is 2. The van der Waals surface area contributed by atoms with E-state index in [-0.39, 0.29) is 16.9 Å². The van der Waals surface area contributed by atoms with Gasteiger partial charge < -0.3 is 4.74 Å². The zero-order valence-corrected chi connectivity index (χ0v) is 14.1. The van der Waals surface area contributed by atoms with Gasteiger partial charge in [0.15, 0.2) is 5.11 Å². The molecule has 0 aliphatic carbocycles. The van der Waals surface area contributed by atoms with Crippen LogP contribution < -0.4 is 20.9 Å². The molecule has 6 nitrogen and oxygen atoms in total. The third-order valence-electron chi connectivity index (χ3n) is 2.43. The fraction of sp³-hybridized carbons (Fsp3) is 0.308. The second kappa shape index (κ2) is 8.58. The summed E-state index contributed by atoms with van der Waals surface area (Å²) in [6.45, 7) is 1.89. The van der Waals surface area contributed by atoms with Crippen LogP contribution in [-0.2, 0) is 4.79 Å². The molecule has 3 N–H and O–H groups in total. The molecule has 0 radical (unpaired) electrons. The molecule has 0 heterocycles. The Balaban J connectivity index is 2.54. The number of benzene rings is 1. The van der Waals surface area contributed by atoms with Crippen LogP contribution >= 0.6 is 28.1 Å². The molecule has 114 valence electrons. The lowest BCUT2D eigenvalue weighted by Crippen LogP contribution is -2.48. The lowest BCUT2D eigenvalue weighted by atomic mass is 10.2. The summed E-state index contributed by atoms with van der Waals surface area (Å²) in [6, 6.07) is 4.89. The minimum absolute atomic E-state index is 0.0244. The number of methoxy groups -OCH3 is 1. The first-order chi connectivity index (χ1) is 9.97. The van der Waals surface area contributed by atoms with Crippen molar-refractivity contribution in [2.75, 3.05) is 7.11 Å². The fourth-order valence-corrected chi connectivity index (χ4v) is 2.11. The summed E-state index contributed by atoms with van der Waals surface area (Å²) in [6.07, 6.45) is 1.11. The van der Waals surface area contributed by atoms with Crippen LogP contribution in [0.4, 0.5) is 0 Å². The zero-order valence-electron chi connectivity index (χ0n) is 11.7. The number of hydrogen-bond donors (Lipinski definition) is 3. The number of rotatable bonds is 4. The third kappa shape index (κ3) is 5.68. The molecule has 0 saturated heterocycles. The lowest BCUT2D eigenvalue weighted by Gasteiger charge is -2.11. The van der Waals surface area contributed by atoms with Gasteiger partial charge in [0.05, 0.1) is 11.6 Å². The predicted octanol–water partition coefficient (Wildman–Crippen LogP) is 1.89. The smallest absolute Gasteiger partial charge is 0.257 e. The Morgan fingerprint density at radius 2 is 2.05 bits per heavy atom. The SMILES string of the molecule is CCCC(=O)NNC(=S)NC(=O)c1ccc(OC)c(Br)c1. The average molecular weight is 374 g/mol. The predicted molar refractivity (Wildman–Crippen MR) is 86.9 cm³/mol. The van der Waals surface area contributed by atoms with Gasteiger partial charge in [-0.2, -0.15) is 0 Å². The molecule has 0 unspecified atom stereocenters. The van der Waals surface area contributed by atoms with Crippen molar-refractivity contribution < 1.29 is 14.3 Å². The molecule has 0 aromatic heterocycles. The first-order valence-corrected chi connectivity index (χ1v) is 7.41. The van der Waals surface area contributed by atoms with E-state index < -0.39 is 0 Å². The Bertz CT molecular complexity index is 551. The van der Waals surface area contributed by atoms with E-state index in [0.29, 0.717) is 22.2 Å². The number of nitrogens with one attached hydrogen (secondary N) is 3. The summed E-state index contributed by atoms with van der Waals surface area (Å²) >= 11 is 8.22. The molecule has 0 bridgehead atoms.